The van der Waals surface area contributed by atoms with Crippen LogP contribution in [0.4, 0.5) is 4.39 Å². The zero-order chi connectivity index (χ0) is 22.8. The largest absolute Gasteiger partial charge is 0.494 e. The number of hydrogen-bond acceptors (Lipinski definition) is 5. The normalized spacial score (nSPS) is 15.6. The van der Waals surface area contributed by atoms with Crippen molar-refractivity contribution in [3.8, 4) is 5.75 Å². The summed E-state index contributed by atoms with van der Waals surface area (Å²) in [6.07, 6.45) is 1.64. The SMILES string of the molecule is CCCOc1ccc([C@@H]2c3c(oc4ccc(F)cc4c3=O)C(=O)N2CCCN(C)C)cc1. The molecule has 6 nitrogen and oxygen atoms in total. The Balaban J connectivity index is 1.80. The molecule has 0 aliphatic carbocycles. The molecule has 1 aromatic heterocycles. The highest BCUT2D eigenvalue weighted by Crippen LogP contribution is 2.38. The van der Waals surface area contributed by atoms with Crippen LogP contribution in [-0.2, 0) is 0 Å². The molecule has 3 aromatic rings. The molecule has 168 valence electrons. The molecule has 2 heterocycles. The predicted octanol–water partition coefficient (Wildman–Crippen LogP) is 4.22. The molecule has 4 rings (SSSR count). The topological polar surface area (TPSA) is 63.0 Å². The van der Waals surface area contributed by atoms with Gasteiger partial charge in [0.1, 0.15) is 17.1 Å². The summed E-state index contributed by atoms with van der Waals surface area (Å²) in [5, 5.41) is 0.139. The molecule has 1 aliphatic heterocycles. The van der Waals surface area contributed by atoms with Gasteiger partial charge < -0.3 is 19.0 Å². The quantitative estimate of drug-likeness (QED) is 0.527. The molecule has 1 aliphatic rings. The highest BCUT2D eigenvalue weighted by atomic mass is 19.1. The fourth-order valence-corrected chi connectivity index (χ4v) is 4.09. The maximum Gasteiger partial charge on any atom is 0.290 e. The van der Waals surface area contributed by atoms with Crippen LogP contribution in [0.5, 0.6) is 5.75 Å². The summed E-state index contributed by atoms with van der Waals surface area (Å²) in [5.74, 6) is -0.0773. The van der Waals surface area contributed by atoms with E-state index in [1.807, 2.05) is 50.2 Å². The Hall–Kier alpha value is -3.19. The van der Waals surface area contributed by atoms with Gasteiger partial charge in [-0.1, -0.05) is 19.1 Å². The maximum atomic E-state index is 13.9. The summed E-state index contributed by atoms with van der Waals surface area (Å²) < 4.78 is 25.4. The number of halogens is 1. The molecule has 1 amide bonds. The number of rotatable bonds is 8. The van der Waals surface area contributed by atoms with Gasteiger partial charge in [-0.25, -0.2) is 4.39 Å². The number of carbonyl (C=O) groups is 1. The van der Waals surface area contributed by atoms with E-state index in [2.05, 4.69) is 0 Å². The molecule has 0 radical (unpaired) electrons. The molecule has 0 N–H and O–H groups in total. The zero-order valence-corrected chi connectivity index (χ0v) is 18.6. The molecule has 0 unspecified atom stereocenters. The van der Waals surface area contributed by atoms with E-state index >= 15 is 0 Å². The van der Waals surface area contributed by atoms with Gasteiger partial charge in [0.2, 0.25) is 5.76 Å². The third-order valence-electron chi connectivity index (χ3n) is 5.60. The molecule has 32 heavy (non-hydrogen) atoms. The number of amides is 1. The van der Waals surface area contributed by atoms with Crippen LogP contribution in [0.25, 0.3) is 11.0 Å². The molecule has 7 heteroatoms. The monoisotopic (exact) mass is 438 g/mol. The van der Waals surface area contributed by atoms with Crippen molar-refractivity contribution in [1.82, 2.24) is 9.80 Å². The molecule has 0 spiro atoms. The predicted molar refractivity (Wildman–Crippen MR) is 121 cm³/mol. The van der Waals surface area contributed by atoms with Gasteiger partial charge in [-0.3, -0.25) is 9.59 Å². The summed E-state index contributed by atoms with van der Waals surface area (Å²) in [4.78, 5) is 30.4. The lowest BCUT2D eigenvalue weighted by Crippen LogP contribution is -2.32. The van der Waals surface area contributed by atoms with Crippen LogP contribution in [0, 0.1) is 5.82 Å². The number of ether oxygens (including phenoxy) is 1. The second-order valence-corrected chi connectivity index (χ2v) is 8.29. The smallest absolute Gasteiger partial charge is 0.290 e. The van der Waals surface area contributed by atoms with Crippen LogP contribution in [-0.4, -0.2) is 49.5 Å². The Bertz CT molecular complexity index is 1190. The number of hydrogen-bond donors (Lipinski definition) is 0. The molecule has 0 bridgehead atoms. The van der Waals surface area contributed by atoms with Crippen LogP contribution in [0.1, 0.15) is 47.5 Å². The number of fused-ring (bicyclic) bond motifs is 2. The van der Waals surface area contributed by atoms with Crippen molar-refractivity contribution >= 4 is 16.9 Å². The first kappa shape index (κ1) is 22.0. The lowest BCUT2D eigenvalue weighted by atomic mass is 9.98. The van der Waals surface area contributed by atoms with E-state index in [1.54, 1.807) is 4.90 Å². The van der Waals surface area contributed by atoms with Gasteiger partial charge in [-0.2, -0.15) is 0 Å². The summed E-state index contributed by atoms with van der Waals surface area (Å²) >= 11 is 0. The fourth-order valence-electron chi connectivity index (χ4n) is 4.09. The average molecular weight is 438 g/mol. The first-order chi connectivity index (χ1) is 15.4. The molecule has 1 atom stereocenters. The van der Waals surface area contributed by atoms with Crippen LogP contribution < -0.4 is 10.2 Å². The summed E-state index contributed by atoms with van der Waals surface area (Å²) in [6, 6.07) is 10.6. The van der Waals surface area contributed by atoms with Crippen molar-refractivity contribution in [2.24, 2.45) is 0 Å². The van der Waals surface area contributed by atoms with Crippen molar-refractivity contribution in [2.45, 2.75) is 25.8 Å². The number of nitrogens with zero attached hydrogens (tertiary/aromatic N) is 2. The summed E-state index contributed by atoms with van der Waals surface area (Å²) in [6.45, 7) is 3.91. The second kappa shape index (κ2) is 9.12. The lowest BCUT2D eigenvalue weighted by Gasteiger charge is -2.26. The zero-order valence-electron chi connectivity index (χ0n) is 18.6. The van der Waals surface area contributed by atoms with Gasteiger partial charge >= 0.3 is 0 Å². The molecular formula is C25H27FN2O4. The van der Waals surface area contributed by atoms with E-state index in [9.17, 15) is 14.0 Å². The molecular weight excluding hydrogens is 411 g/mol. The Morgan fingerprint density at radius 2 is 1.88 bits per heavy atom. The minimum absolute atomic E-state index is 0.0373. The van der Waals surface area contributed by atoms with Crippen LogP contribution in [0.15, 0.2) is 51.7 Å². The van der Waals surface area contributed by atoms with Gasteiger partial charge in [-0.15, -0.1) is 0 Å². The second-order valence-electron chi connectivity index (χ2n) is 8.29. The minimum atomic E-state index is -0.594. The van der Waals surface area contributed by atoms with Gasteiger partial charge in [0.25, 0.3) is 5.91 Å². The standard InChI is InChI=1S/C25H27FN2O4/c1-4-14-31-18-9-6-16(7-10-18)22-21-23(29)19-15-17(26)8-11-20(19)32-24(21)25(30)28(22)13-5-12-27(2)3/h6-11,15,22H,4-5,12-14H2,1-3H3/t22-/m1/s1. The Labute approximate surface area is 186 Å². The van der Waals surface area contributed by atoms with E-state index in [4.69, 9.17) is 9.15 Å². The van der Waals surface area contributed by atoms with Crippen molar-refractivity contribution in [1.29, 1.82) is 0 Å². The molecule has 0 fully saturated rings. The summed E-state index contributed by atoms with van der Waals surface area (Å²) in [5.41, 5.74) is 0.884. The molecule has 2 aromatic carbocycles. The third kappa shape index (κ3) is 4.12. The van der Waals surface area contributed by atoms with Gasteiger partial charge in [0, 0.05) is 6.54 Å². The van der Waals surface area contributed by atoms with E-state index in [1.165, 1.54) is 18.2 Å². The van der Waals surface area contributed by atoms with Gasteiger partial charge in [0.15, 0.2) is 5.43 Å². The third-order valence-corrected chi connectivity index (χ3v) is 5.60. The van der Waals surface area contributed by atoms with Crippen LogP contribution in [0.2, 0.25) is 0 Å². The summed E-state index contributed by atoms with van der Waals surface area (Å²) in [7, 11) is 3.94. The fraction of sp³-hybridized carbons (Fsp3) is 0.360. The first-order valence-electron chi connectivity index (χ1n) is 10.9. The van der Waals surface area contributed by atoms with E-state index in [0.29, 0.717) is 13.2 Å². The molecule has 0 saturated heterocycles. The number of carbonyl (C=O) groups excluding carboxylic acids is 1. The van der Waals surface area contributed by atoms with Crippen molar-refractivity contribution in [3.05, 3.63) is 75.4 Å². The highest BCUT2D eigenvalue weighted by molar-refractivity contribution is 5.99. The first-order valence-corrected chi connectivity index (χ1v) is 10.9. The van der Waals surface area contributed by atoms with E-state index in [-0.39, 0.29) is 33.6 Å². The Morgan fingerprint density at radius 1 is 1.12 bits per heavy atom. The average Bonchev–Trinajstić information content (AvgIpc) is 3.05. The molecule has 0 saturated carbocycles. The van der Waals surface area contributed by atoms with Gasteiger partial charge in [-0.05, 0) is 69.4 Å². The maximum absolute atomic E-state index is 13.9. The van der Waals surface area contributed by atoms with E-state index in [0.717, 1.165) is 30.7 Å². The van der Waals surface area contributed by atoms with E-state index < -0.39 is 11.9 Å². The van der Waals surface area contributed by atoms with Crippen LogP contribution in [0.3, 0.4) is 0 Å². The van der Waals surface area contributed by atoms with Crippen molar-refractivity contribution < 1.29 is 18.3 Å². The number of benzene rings is 2. The minimum Gasteiger partial charge on any atom is -0.494 e. The van der Waals surface area contributed by atoms with Crippen molar-refractivity contribution in [2.75, 3.05) is 33.8 Å². The van der Waals surface area contributed by atoms with Gasteiger partial charge in [0.05, 0.1) is 23.6 Å². The highest BCUT2D eigenvalue weighted by Gasteiger charge is 2.42. The van der Waals surface area contributed by atoms with Crippen LogP contribution >= 0.6 is 0 Å². The Kier molecular flexibility index (Phi) is 6.28. The lowest BCUT2D eigenvalue weighted by molar-refractivity contribution is 0.0722. The Morgan fingerprint density at radius 3 is 2.56 bits per heavy atom. The van der Waals surface area contributed by atoms with Crippen molar-refractivity contribution in [3.63, 3.8) is 0 Å².